The van der Waals surface area contributed by atoms with Gasteiger partial charge in [-0.3, -0.25) is 118 Å². The van der Waals surface area contributed by atoms with Gasteiger partial charge in [-0.15, -0.1) is 0 Å². The lowest BCUT2D eigenvalue weighted by molar-refractivity contribution is -0.192. The first-order valence-corrected chi connectivity index (χ1v) is 42.7. The lowest BCUT2D eigenvalue weighted by atomic mass is 9.72. The molecule has 8 atom stereocenters. The van der Waals surface area contributed by atoms with Gasteiger partial charge < -0.3 is 75.7 Å². The first kappa shape index (κ1) is 99.9. The van der Waals surface area contributed by atoms with Crippen LogP contribution in [-0.2, 0) is 101 Å². The van der Waals surface area contributed by atoms with Gasteiger partial charge in [-0.25, -0.2) is 102 Å². The van der Waals surface area contributed by atoms with Crippen LogP contribution in [0.2, 0.25) is 0 Å². The molecule has 130 heavy (non-hydrogen) atoms. The van der Waals surface area contributed by atoms with E-state index in [2.05, 4.69) is 80.0 Å². The van der Waals surface area contributed by atoms with Gasteiger partial charge in [0.15, 0.2) is 0 Å². The van der Waals surface area contributed by atoms with Crippen molar-refractivity contribution >= 4 is 231 Å². The maximum Gasteiger partial charge on any atom is 0.350 e. The summed E-state index contributed by atoms with van der Waals surface area (Å²) in [6.07, 6.45) is 29.4. The first-order chi connectivity index (χ1) is 61.7. The smallest absolute Gasteiger partial charge is 0.350 e. The Hall–Kier alpha value is -15.5. The molecule has 0 aliphatic carbocycles. The van der Waals surface area contributed by atoms with Crippen molar-refractivity contribution < 1.29 is 154 Å². The highest BCUT2D eigenvalue weighted by Gasteiger charge is 2.82. The normalized spacial score (nSPS) is 14.2. The number of carboxylic acids is 3. The van der Waals surface area contributed by atoms with E-state index in [0.717, 1.165) is 65.4 Å². The summed E-state index contributed by atoms with van der Waals surface area (Å²) >= 11 is 0. The molecule has 8 aromatic rings. The number of hydrogen-bond acceptors (Lipinski definition) is 36. The van der Waals surface area contributed by atoms with Gasteiger partial charge in [-0.1, -0.05) is 0 Å². The molecule has 4 saturated heterocycles. The topological polar surface area (TPSA) is 803 Å². The van der Waals surface area contributed by atoms with Crippen LogP contribution in [0.25, 0.3) is 0 Å². The quantitative estimate of drug-likeness (QED) is 0.0104. The summed E-state index contributed by atoms with van der Waals surface area (Å²) < 4.78 is 19.9. The van der Waals surface area contributed by atoms with Crippen LogP contribution in [0.1, 0.15) is 30.4 Å². The molecule has 12 rings (SSSR count). The molecule has 4 aliphatic rings. The van der Waals surface area contributed by atoms with Gasteiger partial charge in [0.1, 0.15) is 44.3 Å². The molecule has 13 N–H and O–H groups in total. The standard InChI is InChI=1S/C18H19N7O10P2.C14H15N7O8P2.C14H11N7O6P2.C13H10N8O6P2.C2H4O2/c1-10(26)34-15(31)18(16(32)35-11(2)27,13(29)21-36-7-12(28)24-5-3-19-8-24)14(30)22-37-23-17(33)25-6-4-20-9-25;22-8(20-3-1-15-6-20)5-30-17-9(23)14(11(25)26,12(27)28)10(24)18-31-19-13(29)21-4-2-16-7-21;22-8-14(9(23)20(8)28-16-12(26)18-4-1-2-5-18)10(24)21(11(14)25)29-17-13(27)19-6-3-15-7-19;22-7-13(8(23)20(7)28-16-11(26)18-3-1-14-5-18)9(24)21(10(13)25)29-17-12(27)19-4-2-15-6-19;1-2(3)4/h3-6,8-9,36-37H,7H2,1-2H3,(H,21,29)(H,22,30)(H,23,33);1-4,6-7,30-31H,5H2,(H,17,23)(H,18,24)(H,19,29)(H,25,26)(H,27,28);1-7,28-29H,(H,16,26)(H,17,27);1-6,28-29H,(H,16,26)(H,17,27);1H3,(H,3,4). The van der Waals surface area contributed by atoms with Crippen LogP contribution in [0.4, 0.5) is 28.8 Å². The second kappa shape index (κ2) is 44.6. The van der Waals surface area contributed by atoms with Crippen LogP contribution in [0.15, 0.2) is 156 Å². The number of ether oxygens (including phenoxy) is 2. The first-order valence-electron chi connectivity index (χ1n) is 34.5. The lowest BCUT2D eigenvalue weighted by Crippen LogP contribution is -2.81. The molecular weight excluding hydrogens is 1900 g/mol. The number of β-lactam (4-membered cyclic amide) rings is 8. The number of carbonyl (C=O) groups is 27. The maximum absolute atomic E-state index is 13.1. The van der Waals surface area contributed by atoms with Crippen molar-refractivity contribution in [2.24, 2.45) is 21.7 Å². The van der Waals surface area contributed by atoms with Crippen molar-refractivity contribution in [1.29, 1.82) is 0 Å². The van der Waals surface area contributed by atoms with Crippen LogP contribution in [-0.4, -0.2) is 278 Å². The number of nitrogens with zero attached hydrogens (tertiary/aromatic N) is 19. The summed E-state index contributed by atoms with van der Waals surface area (Å²) in [5.41, 5.74) is -11.9. The van der Waals surface area contributed by atoms with E-state index in [1.807, 2.05) is 15.3 Å². The molecule has 2 spiro atoms. The number of esters is 4. The summed E-state index contributed by atoms with van der Waals surface area (Å²) in [5.74, 6) is -27.6. The van der Waals surface area contributed by atoms with Crippen molar-refractivity contribution in [3.05, 3.63) is 156 Å². The number of nitrogens with one attached hydrogen (secondary N) is 10. The summed E-state index contributed by atoms with van der Waals surface area (Å²) in [5, 5.41) is 47.9. The third-order valence-corrected chi connectivity index (χ3v) is 23.0. The van der Waals surface area contributed by atoms with Crippen LogP contribution in [0.3, 0.4) is 0 Å². The van der Waals surface area contributed by atoms with Gasteiger partial charge in [0.05, 0.1) is 65.6 Å². The summed E-state index contributed by atoms with van der Waals surface area (Å²) in [6.45, 7) is 2.60. The molecule has 0 radical (unpaired) electrons. The zero-order valence-electron chi connectivity index (χ0n) is 65.0. The molecule has 8 unspecified atom stereocenters. The van der Waals surface area contributed by atoms with Crippen molar-refractivity contribution in [3.8, 4) is 0 Å². The summed E-state index contributed by atoms with van der Waals surface area (Å²) in [4.78, 5) is 351. The maximum atomic E-state index is 13.1. The molecule has 4 aliphatic heterocycles. The highest BCUT2D eigenvalue weighted by Crippen LogP contribution is 2.53. The van der Waals surface area contributed by atoms with Crippen molar-refractivity contribution in [3.63, 3.8) is 0 Å². The van der Waals surface area contributed by atoms with Crippen LogP contribution < -0.4 is 50.9 Å². The van der Waals surface area contributed by atoms with Crippen molar-refractivity contribution in [1.82, 2.24) is 141 Å². The molecule has 8 aromatic heterocycles. The summed E-state index contributed by atoms with van der Waals surface area (Å²) in [6, 6.07) is -0.775. The van der Waals surface area contributed by atoms with E-state index in [-0.39, 0.29) is 12.3 Å². The highest BCUT2D eigenvalue weighted by atomic mass is 31.1. The van der Waals surface area contributed by atoms with Gasteiger partial charge in [-0.05, 0) is 29.6 Å². The molecule has 0 saturated carbocycles. The molecule has 61 nitrogen and oxygen atoms in total. The lowest BCUT2D eigenvalue weighted by Gasteiger charge is -2.51. The number of imide groups is 4. The number of carbonyl (C=O) groups excluding carboxylic acids is 24. The van der Waals surface area contributed by atoms with E-state index in [4.69, 9.17) is 9.90 Å². The van der Waals surface area contributed by atoms with Crippen LogP contribution in [0, 0.1) is 21.7 Å². The minimum Gasteiger partial charge on any atom is -0.481 e. The minimum atomic E-state index is -3.55. The predicted molar refractivity (Wildman–Crippen MR) is 433 cm³/mol. The third-order valence-electron chi connectivity index (χ3n) is 16.1. The SMILES string of the molecule is CC(=O)O.CC(=O)OC(=O)C(C(=O)NPCC(=O)n1ccnc1)(C(=O)NPNC(=O)n1ccnc1)C(=O)OC(C)=O.O=C(CPNC(=O)C(C(=O)O)(C(=O)O)C(=O)NPNC(=O)n1ccnc1)n1ccnc1.O=C(NPN1C(=O)C2(C1=O)C(=O)N(PNC(=O)n1ccnc1)C2=O)n1cccc1.O=C(NPN1C(=O)C2(C1=O)C(=O)N(PNC(=O)n1ccnc1)C2=O)n1ccnc1. The Morgan fingerprint density at radius 2 is 0.538 bits per heavy atom. The predicted octanol–water partition coefficient (Wildman–Crippen LogP) is -5.09. The molecule has 69 heteroatoms. The van der Waals surface area contributed by atoms with Crippen LogP contribution in [0.5, 0.6) is 0 Å². The number of amides is 18. The van der Waals surface area contributed by atoms with E-state index in [0.29, 0.717) is 18.7 Å². The Morgan fingerprint density at radius 3 is 0.777 bits per heavy atom. The zero-order valence-corrected chi connectivity index (χ0v) is 73.0. The molecule has 0 bridgehead atoms. The highest BCUT2D eigenvalue weighted by molar-refractivity contribution is 7.39. The number of hydrogen-bond donors (Lipinski definition) is 13. The Labute approximate surface area is 733 Å². The monoisotopic (exact) mass is 1960 g/mol. The summed E-state index contributed by atoms with van der Waals surface area (Å²) in [7, 11) is -6.58. The van der Waals surface area contributed by atoms with Gasteiger partial charge in [0.25, 0.3) is 87.7 Å². The molecule has 680 valence electrons. The van der Waals surface area contributed by atoms with Gasteiger partial charge in [0.2, 0.25) is 11.8 Å². The average Bonchev–Trinajstić information content (AvgIpc) is 0.849. The van der Waals surface area contributed by atoms with Gasteiger partial charge in [-0.2, -0.15) is 0 Å². The van der Waals surface area contributed by atoms with Gasteiger partial charge >= 0.3 is 82.8 Å². The van der Waals surface area contributed by atoms with Crippen molar-refractivity contribution in [2.45, 2.75) is 20.8 Å². The second-order valence-corrected chi connectivity index (χ2v) is 31.2. The number of carboxylic acid groups (broad SMARTS) is 3. The number of aromatic nitrogens is 15. The Morgan fingerprint density at radius 1 is 0.315 bits per heavy atom. The van der Waals surface area contributed by atoms with E-state index >= 15 is 0 Å². The minimum absolute atomic E-state index is 0.290. The fourth-order valence-corrected chi connectivity index (χ4v) is 16.0. The molecular formula is C61H59N29O32P8. The molecule has 4 fully saturated rings. The third kappa shape index (κ3) is 21.9. The fraction of sp³-hybridized carbons (Fsp3) is 0.148. The zero-order chi connectivity index (χ0) is 95.7. The Balaban J connectivity index is 0.000000211. The average molecular weight is 1960 g/mol. The Kier molecular flexibility index (Phi) is 34.2. The largest absolute Gasteiger partial charge is 0.481 e. The second-order valence-electron chi connectivity index (χ2n) is 24.1. The molecule has 12 heterocycles. The van der Waals surface area contributed by atoms with E-state index < -0.39 is 253 Å². The van der Waals surface area contributed by atoms with E-state index in [1.165, 1.54) is 135 Å². The van der Waals surface area contributed by atoms with E-state index in [1.54, 1.807) is 12.1 Å². The van der Waals surface area contributed by atoms with Crippen LogP contribution >= 0.6 is 70.8 Å². The number of aliphatic carboxylic acids is 3. The molecule has 18 amide bonds. The number of imidazole rings is 7. The number of rotatable bonds is 26. The van der Waals surface area contributed by atoms with Crippen molar-refractivity contribution in [2.75, 3.05) is 12.3 Å². The molecule has 0 aromatic carbocycles. The van der Waals surface area contributed by atoms with E-state index in [9.17, 15) is 135 Å². The fourth-order valence-electron chi connectivity index (χ4n) is 9.78. The Bertz CT molecular complexity index is 5210. The van der Waals surface area contributed by atoms with Gasteiger partial charge in [0, 0.05) is 120 Å².